The maximum absolute atomic E-state index is 12.0. The number of hydrogen-bond acceptors (Lipinski definition) is 4. The SMILES string of the molecule is CCCCC/C=C/C/C=C/C/C=C/CCCCC(=O)OCCCOC(=O)CCCCCCCCCCCCCC/C=C/CCCCCCCC. The molecule has 0 atom stereocenters. The van der Waals surface area contributed by atoms with Gasteiger partial charge in [-0.05, 0) is 77.0 Å². The monoisotopic (exact) mass is 699 g/mol. The molecule has 0 aliphatic heterocycles. The molecule has 0 aliphatic rings. The number of unbranched alkanes of at least 4 members (excludes halogenated alkanes) is 23. The highest BCUT2D eigenvalue weighted by Gasteiger charge is 2.05. The standard InChI is InChI=1S/C46H82O4/c1-3-5-7-9-11-13-15-17-19-20-21-22-23-24-25-27-29-31-33-35-37-39-42-46(48)50-44-40-43-49-45(47)41-38-36-34-32-30-28-26-18-16-14-12-10-8-6-4-2/h12,14,17-19,26,30,32H,3-11,13,15-16,20-25,27-29,31,33-44H2,1-2H3/b14-12+,19-17+,26-18+,32-30+. The van der Waals surface area contributed by atoms with Crippen LogP contribution in [0.4, 0.5) is 0 Å². The molecule has 290 valence electrons. The molecule has 4 heteroatoms. The van der Waals surface area contributed by atoms with Crippen molar-refractivity contribution in [1.29, 1.82) is 0 Å². The van der Waals surface area contributed by atoms with Crippen LogP contribution in [-0.4, -0.2) is 25.2 Å². The summed E-state index contributed by atoms with van der Waals surface area (Å²) in [6, 6.07) is 0. The molecule has 0 unspecified atom stereocenters. The van der Waals surface area contributed by atoms with E-state index in [1.165, 1.54) is 141 Å². The van der Waals surface area contributed by atoms with Gasteiger partial charge in [0.15, 0.2) is 0 Å². The minimum Gasteiger partial charge on any atom is -0.466 e. The maximum Gasteiger partial charge on any atom is 0.305 e. The molecule has 0 aromatic heterocycles. The van der Waals surface area contributed by atoms with Crippen LogP contribution in [0.25, 0.3) is 0 Å². The van der Waals surface area contributed by atoms with E-state index in [4.69, 9.17) is 9.47 Å². The summed E-state index contributed by atoms with van der Waals surface area (Å²) in [6.07, 6.45) is 55.9. The highest BCUT2D eigenvalue weighted by Crippen LogP contribution is 2.14. The number of esters is 2. The van der Waals surface area contributed by atoms with Crippen molar-refractivity contribution in [2.24, 2.45) is 0 Å². The lowest BCUT2D eigenvalue weighted by atomic mass is 10.0. The maximum atomic E-state index is 12.0. The van der Waals surface area contributed by atoms with E-state index in [0.717, 1.165) is 44.9 Å². The molecule has 0 aromatic carbocycles. The van der Waals surface area contributed by atoms with Crippen LogP contribution in [-0.2, 0) is 19.1 Å². The number of carbonyl (C=O) groups excluding carboxylic acids is 2. The molecule has 50 heavy (non-hydrogen) atoms. The van der Waals surface area contributed by atoms with E-state index in [1.54, 1.807) is 0 Å². The number of ether oxygens (including phenoxy) is 2. The van der Waals surface area contributed by atoms with E-state index in [2.05, 4.69) is 62.5 Å². The van der Waals surface area contributed by atoms with Crippen LogP contribution in [0.5, 0.6) is 0 Å². The third-order valence-corrected chi connectivity index (χ3v) is 9.23. The second-order valence-electron chi connectivity index (χ2n) is 14.2. The largest absolute Gasteiger partial charge is 0.466 e. The first kappa shape index (κ1) is 47.9. The Bertz CT molecular complexity index is 824. The Kier molecular flexibility index (Phi) is 41.3. The fourth-order valence-electron chi connectivity index (χ4n) is 5.97. The van der Waals surface area contributed by atoms with Crippen LogP contribution in [0.1, 0.15) is 219 Å². The van der Waals surface area contributed by atoms with Crippen molar-refractivity contribution in [3.63, 3.8) is 0 Å². The molecule has 4 nitrogen and oxygen atoms in total. The minimum atomic E-state index is -0.154. The van der Waals surface area contributed by atoms with Gasteiger partial charge in [-0.1, -0.05) is 172 Å². The molecule has 0 fully saturated rings. The molecule has 0 spiro atoms. The van der Waals surface area contributed by atoms with E-state index in [0.29, 0.717) is 32.5 Å². The van der Waals surface area contributed by atoms with Crippen LogP contribution < -0.4 is 0 Å². The van der Waals surface area contributed by atoms with Crippen molar-refractivity contribution in [1.82, 2.24) is 0 Å². The molecular formula is C46H82O4. The third kappa shape index (κ3) is 42.1. The molecular weight excluding hydrogens is 617 g/mol. The lowest BCUT2D eigenvalue weighted by molar-refractivity contribution is -0.146. The van der Waals surface area contributed by atoms with E-state index in [-0.39, 0.29) is 11.9 Å². The molecule has 0 rings (SSSR count). The fraction of sp³-hybridized carbons (Fsp3) is 0.783. The van der Waals surface area contributed by atoms with Crippen LogP contribution in [0.15, 0.2) is 48.6 Å². The van der Waals surface area contributed by atoms with Crippen molar-refractivity contribution in [3.05, 3.63) is 48.6 Å². The Morgan fingerprint density at radius 3 is 1.06 bits per heavy atom. The average Bonchev–Trinajstić information content (AvgIpc) is 3.12. The average molecular weight is 699 g/mol. The number of rotatable bonds is 39. The second kappa shape index (κ2) is 43.1. The van der Waals surface area contributed by atoms with Gasteiger partial charge in [-0.25, -0.2) is 0 Å². The Morgan fingerprint density at radius 2 is 0.620 bits per heavy atom. The summed E-state index contributed by atoms with van der Waals surface area (Å²) >= 11 is 0. The summed E-state index contributed by atoms with van der Waals surface area (Å²) in [5.74, 6) is -0.280. The first-order valence-electron chi connectivity index (χ1n) is 21.6. The van der Waals surface area contributed by atoms with Gasteiger partial charge in [0.05, 0.1) is 13.2 Å². The van der Waals surface area contributed by atoms with Gasteiger partial charge in [0.2, 0.25) is 0 Å². The first-order valence-corrected chi connectivity index (χ1v) is 21.6. The fourth-order valence-corrected chi connectivity index (χ4v) is 5.97. The zero-order chi connectivity index (χ0) is 36.3. The Hall–Kier alpha value is -2.10. The topological polar surface area (TPSA) is 52.6 Å². The quantitative estimate of drug-likeness (QED) is 0.0364. The molecule has 0 saturated carbocycles. The van der Waals surface area contributed by atoms with E-state index < -0.39 is 0 Å². The summed E-state index contributed by atoms with van der Waals surface area (Å²) in [7, 11) is 0. The van der Waals surface area contributed by atoms with Crippen LogP contribution >= 0.6 is 0 Å². The highest BCUT2D eigenvalue weighted by atomic mass is 16.5. The van der Waals surface area contributed by atoms with Gasteiger partial charge in [0.25, 0.3) is 0 Å². The Morgan fingerprint density at radius 1 is 0.340 bits per heavy atom. The lowest BCUT2D eigenvalue weighted by Gasteiger charge is -2.06. The number of carbonyl (C=O) groups is 2. The zero-order valence-corrected chi connectivity index (χ0v) is 33.3. The van der Waals surface area contributed by atoms with Crippen molar-refractivity contribution >= 4 is 11.9 Å². The van der Waals surface area contributed by atoms with Crippen molar-refractivity contribution in [3.8, 4) is 0 Å². The highest BCUT2D eigenvalue weighted by molar-refractivity contribution is 5.69. The van der Waals surface area contributed by atoms with Crippen LogP contribution in [0.3, 0.4) is 0 Å². The van der Waals surface area contributed by atoms with Gasteiger partial charge in [0, 0.05) is 19.3 Å². The minimum absolute atomic E-state index is 0.126. The molecule has 0 radical (unpaired) electrons. The lowest BCUT2D eigenvalue weighted by Crippen LogP contribution is -2.10. The van der Waals surface area contributed by atoms with Gasteiger partial charge in [-0.15, -0.1) is 0 Å². The first-order chi connectivity index (χ1) is 24.7. The second-order valence-corrected chi connectivity index (χ2v) is 14.2. The molecule has 0 saturated heterocycles. The molecule has 0 bridgehead atoms. The predicted molar refractivity (Wildman–Crippen MR) is 218 cm³/mol. The summed E-state index contributed by atoms with van der Waals surface area (Å²) in [5, 5.41) is 0. The molecule has 0 aliphatic carbocycles. The number of hydrogen-bond donors (Lipinski definition) is 0. The number of allylic oxidation sites excluding steroid dienone is 8. The third-order valence-electron chi connectivity index (χ3n) is 9.23. The van der Waals surface area contributed by atoms with Gasteiger partial charge < -0.3 is 9.47 Å². The summed E-state index contributed by atoms with van der Waals surface area (Å²) in [5.41, 5.74) is 0. The van der Waals surface area contributed by atoms with E-state index >= 15 is 0 Å². The summed E-state index contributed by atoms with van der Waals surface area (Å²) in [6.45, 7) is 5.17. The molecule has 0 amide bonds. The van der Waals surface area contributed by atoms with Gasteiger partial charge in [0.1, 0.15) is 0 Å². The Labute approximate surface area is 311 Å². The van der Waals surface area contributed by atoms with Gasteiger partial charge >= 0.3 is 11.9 Å². The molecule has 0 heterocycles. The van der Waals surface area contributed by atoms with Crippen molar-refractivity contribution < 1.29 is 19.1 Å². The smallest absolute Gasteiger partial charge is 0.305 e. The van der Waals surface area contributed by atoms with Crippen molar-refractivity contribution in [2.45, 2.75) is 219 Å². The predicted octanol–water partition coefficient (Wildman–Crippen LogP) is 14.8. The van der Waals surface area contributed by atoms with E-state index in [9.17, 15) is 9.59 Å². The van der Waals surface area contributed by atoms with E-state index in [1.807, 2.05) is 0 Å². The molecule has 0 N–H and O–H groups in total. The molecule has 0 aromatic rings. The Balaban J connectivity index is 3.35. The summed E-state index contributed by atoms with van der Waals surface area (Å²) in [4.78, 5) is 23.9. The van der Waals surface area contributed by atoms with Gasteiger partial charge in [-0.3, -0.25) is 9.59 Å². The van der Waals surface area contributed by atoms with Gasteiger partial charge in [-0.2, -0.15) is 0 Å². The van der Waals surface area contributed by atoms with Crippen molar-refractivity contribution in [2.75, 3.05) is 13.2 Å². The summed E-state index contributed by atoms with van der Waals surface area (Å²) < 4.78 is 10.6. The van der Waals surface area contributed by atoms with Crippen LogP contribution in [0.2, 0.25) is 0 Å². The zero-order valence-electron chi connectivity index (χ0n) is 33.3. The normalized spacial score (nSPS) is 12.0. The van der Waals surface area contributed by atoms with Crippen LogP contribution in [0, 0.1) is 0 Å².